The molecule has 2 aliphatic heterocycles. The van der Waals surface area contributed by atoms with Crippen LogP contribution in [0.25, 0.3) is 0 Å². The standard InChI is InChI=1S/C11H21N7O2/c1-11(2,3)16(4)18(19)15-20-9-5-6-17(8-9)10-7-12-14-13-10/h9H,5-8H2,1-4H3/b18-15-/t9-/m1/s1. The topological polar surface area (TPSA) is 91.2 Å². The molecule has 0 aliphatic carbocycles. The smallest absolute Gasteiger partial charge is 0.233 e. The summed E-state index contributed by atoms with van der Waals surface area (Å²) in [5, 5.41) is 28.2. The van der Waals surface area contributed by atoms with E-state index in [1.54, 1.807) is 7.05 Å². The Labute approximate surface area is 118 Å². The molecule has 0 aromatic heterocycles. The van der Waals surface area contributed by atoms with Crippen molar-refractivity contribution in [1.29, 1.82) is 0 Å². The highest BCUT2D eigenvalue weighted by molar-refractivity contribution is 5.85. The van der Waals surface area contributed by atoms with Gasteiger partial charge in [-0.1, -0.05) is 0 Å². The number of likely N-dealkylation sites (tertiary alicyclic amines) is 1. The monoisotopic (exact) mass is 283 g/mol. The predicted octanol–water partition coefficient (Wildman–Crippen LogP) is 1.38. The Kier molecular flexibility index (Phi) is 4.05. The first-order chi connectivity index (χ1) is 9.38. The van der Waals surface area contributed by atoms with Crippen molar-refractivity contribution >= 4 is 5.84 Å². The molecule has 112 valence electrons. The van der Waals surface area contributed by atoms with Crippen molar-refractivity contribution in [1.82, 2.24) is 9.91 Å². The van der Waals surface area contributed by atoms with Crippen LogP contribution in [0.3, 0.4) is 0 Å². The molecule has 1 atom stereocenters. The molecule has 1 saturated heterocycles. The molecule has 2 rings (SSSR count). The minimum absolute atomic E-state index is 0.108. The van der Waals surface area contributed by atoms with Crippen LogP contribution >= 0.6 is 0 Å². The first-order valence-corrected chi connectivity index (χ1v) is 6.64. The van der Waals surface area contributed by atoms with E-state index in [0.717, 1.165) is 18.8 Å². The second-order valence-corrected chi connectivity index (χ2v) is 5.90. The van der Waals surface area contributed by atoms with E-state index < -0.39 is 0 Å². The minimum Gasteiger partial charge on any atom is -0.569 e. The molecular formula is C11H21N7O2. The van der Waals surface area contributed by atoms with Gasteiger partial charge in [0.25, 0.3) is 0 Å². The summed E-state index contributed by atoms with van der Waals surface area (Å²) in [7, 11) is 1.68. The Morgan fingerprint density at radius 2 is 2.25 bits per heavy atom. The maximum Gasteiger partial charge on any atom is 0.233 e. The van der Waals surface area contributed by atoms with Gasteiger partial charge in [0.05, 0.1) is 24.1 Å². The van der Waals surface area contributed by atoms with Gasteiger partial charge in [0, 0.05) is 13.0 Å². The third-order valence-corrected chi connectivity index (χ3v) is 3.44. The molecule has 0 saturated carbocycles. The highest BCUT2D eigenvalue weighted by atomic mass is 16.7. The molecule has 0 amide bonds. The number of hydrazine groups is 1. The quantitative estimate of drug-likeness (QED) is 0.444. The van der Waals surface area contributed by atoms with Gasteiger partial charge in [0.15, 0.2) is 11.9 Å². The highest BCUT2D eigenvalue weighted by Gasteiger charge is 2.29. The Hall–Kier alpha value is -1.93. The normalized spacial score (nSPS) is 23.2. The summed E-state index contributed by atoms with van der Waals surface area (Å²) < 4.78 is 0. The van der Waals surface area contributed by atoms with Gasteiger partial charge in [-0.3, -0.25) is 0 Å². The first-order valence-electron chi connectivity index (χ1n) is 6.64. The van der Waals surface area contributed by atoms with E-state index in [2.05, 4.69) is 25.6 Å². The van der Waals surface area contributed by atoms with Gasteiger partial charge in [-0.25, -0.2) is 0 Å². The molecule has 9 heteroatoms. The molecule has 0 radical (unpaired) electrons. The highest BCUT2D eigenvalue weighted by Crippen LogP contribution is 2.16. The van der Waals surface area contributed by atoms with E-state index in [0.29, 0.717) is 18.1 Å². The van der Waals surface area contributed by atoms with Crippen molar-refractivity contribution in [3.05, 3.63) is 5.21 Å². The van der Waals surface area contributed by atoms with Gasteiger partial charge in [-0.15, -0.1) is 10.1 Å². The molecule has 9 nitrogen and oxygen atoms in total. The van der Waals surface area contributed by atoms with E-state index in [-0.39, 0.29) is 11.6 Å². The Bertz CT molecular complexity index is 441. The fraction of sp³-hybridized carbons (Fsp3) is 0.909. The average Bonchev–Trinajstić information content (AvgIpc) is 3.04. The molecule has 2 aliphatic rings. The predicted molar refractivity (Wildman–Crippen MR) is 71.8 cm³/mol. The Morgan fingerprint density at radius 3 is 2.85 bits per heavy atom. The van der Waals surface area contributed by atoms with Crippen molar-refractivity contribution in [3.8, 4) is 0 Å². The number of rotatable bonds is 3. The third-order valence-electron chi connectivity index (χ3n) is 3.44. The Balaban J connectivity index is 1.83. The van der Waals surface area contributed by atoms with Crippen molar-refractivity contribution in [2.24, 2.45) is 20.7 Å². The van der Waals surface area contributed by atoms with Gasteiger partial charge in [0.1, 0.15) is 6.54 Å². The van der Waals surface area contributed by atoms with Crippen LogP contribution in [0.5, 0.6) is 0 Å². The van der Waals surface area contributed by atoms with Crippen molar-refractivity contribution < 1.29 is 9.81 Å². The second-order valence-electron chi connectivity index (χ2n) is 5.90. The maximum absolute atomic E-state index is 11.8. The second kappa shape index (κ2) is 5.59. The van der Waals surface area contributed by atoms with Crippen LogP contribution in [0, 0.1) is 5.21 Å². The van der Waals surface area contributed by atoms with Crippen molar-refractivity contribution in [2.75, 3.05) is 26.7 Å². The first kappa shape index (κ1) is 14.5. The summed E-state index contributed by atoms with van der Waals surface area (Å²) >= 11 is 0. The summed E-state index contributed by atoms with van der Waals surface area (Å²) in [6, 6.07) is 0. The number of hydrogen-bond acceptors (Lipinski definition) is 7. The summed E-state index contributed by atoms with van der Waals surface area (Å²) in [6.45, 7) is 7.77. The minimum atomic E-state index is -0.308. The summed E-state index contributed by atoms with van der Waals surface area (Å²) in [5.41, 5.74) is -0.308. The van der Waals surface area contributed by atoms with Gasteiger partial charge >= 0.3 is 0 Å². The Morgan fingerprint density at radius 1 is 1.50 bits per heavy atom. The maximum atomic E-state index is 11.8. The number of nitrogens with zero attached hydrogens (tertiary/aromatic N) is 7. The van der Waals surface area contributed by atoms with Crippen molar-refractivity contribution in [3.63, 3.8) is 0 Å². The largest absolute Gasteiger partial charge is 0.569 e. The summed E-state index contributed by atoms with van der Waals surface area (Å²) in [4.78, 5) is 7.85. The van der Waals surface area contributed by atoms with E-state index in [9.17, 15) is 5.21 Å². The van der Waals surface area contributed by atoms with Crippen LogP contribution in [0.2, 0.25) is 0 Å². The fourth-order valence-electron chi connectivity index (χ4n) is 1.84. The molecule has 2 heterocycles. The van der Waals surface area contributed by atoms with Gasteiger partial charge in [-0.05, 0) is 26.0 Å². The van der Waals surface area contributed by atoms with E-state index in [1.165, 1.54) is 5.01 Å². The van der Waals surface area contributed by atoms with Gasteiger partial charge in [0.2, 0.25) is 5.28 Å². The lowest BCUT2D eigenvalue weighted by Gasteiger charge is -2.26. The number of hydrogen-bond donors (Lipinski definition) is 0. The van der Waals surface area contributed by atoms with Crippen LogP contribution in [0.15, 0.2) is 20.7 Å². The van der Waals surface area contributed by atoms with E-state index in [1.807, 2.05) is 20.8 Å². The number of amidine groups is 1. The SMILES string of the molecule is CN(/[N+]([O-])=N/O[C@@H]1CCN(C2=NN=NC2)C1)C(C)(C)C. The van der Waals surface area contributed by atoms with Crippen molar-refractivity contribution in [2.45, 2.75) is 38.8 Å². The van der Waals surface area contributed by atoms with Gasteiger partial charge < -0.3 is 14.9 Å². The molecule has 0 aromatic rings. The van der Waals surface area contributed by atoms with Crippen LogP contribution in [0.4, 0.5) is 0 Å². The molecular weight excluding hydrogens is 262 g/mol. The molecule has 1 fully saturated rings. The lowest BCUT2D eigenvalue weighted by atomic mass is 10.1. The molecule has 0 unspecified atom stereocenters. The fourth-order valence-corrected chi connectivity index (χ4v) is 1.84. The molecule has 20 heavy (non-hydrogen) atoms. The lowest BCUT2D eigenvalue weighted by Crippen LogP contribution is -2.42. The van der Waals surface area contributed by atoms with Crippen LogP contribution in [-0.2, 0) is 4.84 Å². The summed E-state index contributed by atoms with van der Waals surface area (Å²) in [5.74, 6) is 0.849. The van der Waals surface area contributed by atoms with E-state index in [4.69, 9.17) is 4.84 Å². The van der Waals surface area contributed by atoms with Crippen LogP contribution in [-0.4, -0.2) is 59.0 Å². The molecule has 0 spiro atoms. The molecule has 0 aromatic carbocycles. The third kappa shape index (κ3) is 3.34. The van der Waals surface area contributed by atoms with Crippen LogP contribution < -0.4 is 0 Å². The lowest BCUT2D eigenvalue weighted by molar-refractivity contribution is -0.720. The molecule has 0 N–H and O–H groups in total. The zero-order valence-corrected chi connectivity index (χ0v) is 12.4. The zero-order chi connectivity index (χ0) is 14.8. The van der Waals surface area contributed by atoms with Gasteiger partial charge in [-0.2, -0.15) is 5.11 Å². The zero-order valence-electron chi connectivity index (χ0n) is 12.4. The summed E-state index contributed by atoms with van der Waals surface area (Å²) in [6.07, 6.45) is 0.693. The molecule has 0 bridgehead atoms. The van der Waals surface area contributed by atoms with Crippen LogP contribution in [0.1, 0.15) is 27.2 Å². The van der Waals surface area contributed by atoms with E-state index >= 15 is 0 Å². The average molecular weight is 283 g/mol.